The van der Waals surface area contributed by atoms with Crippen LogP contribution in [0.25, 0.3) is 10.2 Å². The van der Waals surface area contributed by atoms with Gasteiger partial charge in [0.15, 0.2) is 0 Å². The number of carbonyl (C=O) groups is 2. The molecule has 0 spiro atoms. The Hall–Kier alpha value is -3.69. The fourth-order valence-electron chi connectivity index (χ4n) is 4.12. The Morgan fingerprint density at radius 1 is 1.11 bits per heavy atom. The molecule has 8 nitrogen and oxygen atoms in total. The average Bonchev–Trinajstić information content (AvgIpc) is 3.44. The number of fused-ring (bicyclic) bond motifs is 1. The highest BCUT2D eigenvalue weighted by atomic mass is 32.1. The van der Waals surface area contributed by atoms with E-state index in [1.165, 1.54) is 16.9 Å². The normalized spacial score (nSPS) is 13.7. The summed E-state index contributed by atoms with van der Waals surface area (Å²) >= 11 is 1.44. The van der Waals surface area contributed by atoms with Gasteiger partial charge in [0.2, 0.25) is 5.91 Å². The average molecular weight is 490 g/mol. The van der Waals surface area contributed by atoms with Crippen LogP contribution in [0.3, 0.4) is 0 Å². The van der Waals surface area contributed by atoms with E-state index >= 15 is 0 Å². The number of aromatic amines is 1. The highest BCUT2D eigenvalue weighted by molar-refractivity contribution is 7.18. The van der Waals surface area contributed by atoms with Gasteiger partial charge in [0.25, 0.3) is 5.91 Å². The van der Waals surface area contributed by atoms with Crippen molar-refractivity contribution in [1.29, 1.82) is 0 Å². The van der Waals surface area contributed by atoms with Gasteiger partial charge in [-0.1, -0.05) is 29.8 Å². The van der Waals surface area contributed by atoms with Crippen molar-refractivity contribution >= 4 is 44.9 Å². The van der Waals surface area contributed by atoms with Gasteiger partial charge in [-0.3, -0.25) is 14.7 Å². The number of H-pyrrole nitrogens is 1. The maximum absolute atomic E-state index is 12.8. The van der Waals surface area contributed by atoms with Crippen molar-refractivity contribution in [3.63, 3.8) is 0 Å². The van der Waals surface area contributed by atoms with Crippen molar-refractivity contribution in [2.45, 2.75) is 19.9 Å². The molecule has 180 valence electrons. The first-order valence-corrected chi connectivity index (χ1v) is 12.4. The number of ether oxygens (including phenoxy) is 1. The van der Waals surface area contributed by atoms with Crippen LogP contribution in [0, 0.1) is 6.92 Å². The summed E-state index contributed by atoms with van der Waals surface area (Å²) in [5.41, 5.74) is 3.88. The van der Waals surface area contributed by atoms with Crippen LogP contribution >= 0.6 is 11.3 Å². The molecule has 0 unspecified atom stereocenters. The van der Waals surface area contributed by atoms with Crippen molar-refractivity contribution < 1.29 is 14.3 Å². The van der Waals surface area contributed by atoms with Crippen LogP contribution in [0.15, 0.2) is 54.6 Å². The summed E-state index contributed by atoms with van der Waals surface area (Å²) in [6.45, 7) is 5.66. The van der Waals surface area contributed by atoms with Crippen LogP contribution in [-0.4, -0.2) is 48.3 Å². The predicted octanol–water partition coefficient (Wildman–Crippen LogP) is 3.88. The third-order valence-electron chi connectivity index (χ3n) is 5.95. The highest BCUT2D eigenvalue weighted by Gasteiger charge is 2.16. The molecule has 1 aliphatic heterocycles. The monoisotopic (exact) mass is 489 g/mol. The van der Waals surface area contributed by atoms with Gasteiger partial charge in [-0.2, -0.15) is 5.10 Å². The molecular formula is C26H27N5O3S. The molecule has 2 amide bonds. The SMILES string of the molecule is Cc1cccc(CNC(=O)Cc2cc3c(NC(=O)c4ccc(N5CCOCC5)cc4)[nH]nc3s2)c1. The number of hydrogen-bond acceptors (Lipinski definition) is 6. The van der Waals surface area contributed by atoms with E-state index in [0.29, 0.717) is 17.9 Å². The second-order valence-corrected chi connectivity index (χ2v) is 9.69. The largest absolute Gasteiger partial charge is 0.378 e. The summed E-state index contributed by atoms with van der Waals surface area (Å²) in [6, 6.07) is 17.6. The summed E-state index contributed by atoms with van der Waals surface area (Å²) in [4.78, 5) is 29.2. The number of benzene rings is 2. The van der Waals surface area contributed by atoms with Gasteiger partial charge >= 0.3 is 0 Å². The van der Waals surface area contributed by atoms with Crippen LogP contribution in [0.1, 0.15) is 26.4 Å². The molecule has 5 rings (SSSR count). The van der Waals surface area contributed by atoms with Crippen molar-refractivity contribution in [3.8, 4) is 0 Å². The fraction of sp³-hybridized carbons (Fsp3) is 0.269. The van der Waals surface area contributed by atoms with E-state index < -0.39 is 0 Å². The van der Waals surface area contributed by atoms with E-state index in [4.69, 9.17) is 4.74 Å². The number of anilines is 2. The van der Waals surface area contributed by atoms with Gasteiger partial charge in [0.05, 0.1) is 25.0 Å². The molecule has 0 aliphatic carbocycles. The summed E-state index contributed by atoms with van der Waals surface area (Å²) in [5, 5.41) is 13.9. The Morgan fingerprint density at radius 3 is 2.69 bits per heavy atom. The predicted molar refractivity (Wildman–Crippen MR) is 138 cm³/mol. The van der Waals surface area contributed by atoms with Crippen molar-refractivity contribution in [3.05, 3.63) is 76.2 Å². The molecule has 1 fully saturated rings. The lowest BCUT2D eigenvalue weighted by molar-refractivity contribution is -0.120. The number of hydrogen-bond donors (Lipinski definition) is 3. The number of nitrogens with zero attached hydrogens (tertiary/aromatic N) is 2. The standard InChI is InChI=1S/C26H27N5O3S/c1-17-3-2-4-18(13-17)16-27-23(32)15-21-14-22-24(29-30-26(22)35-21)28-25(33)19-5-7-20(8-6-19)31-9-11-34-12-10-31/h2-8,13-14H,9-12,15-16H2,1H3,(H,27,32)(H2,28,29,30,33). The van der Waals surface area contributed by atoms with Gasteiger partial charge in [0.1, 0.15) is 10.6 Å². The van der Waals surface area contributed by atoms with Crippen LogP contribution in [-0.2, 0) is 22.5 Å². The molecule has 3 heterocycles. The quantitative estimate of drug-likeness (QED) is 0.366. The van der Waals surface area contributed by atoms with Gasteiger partial charge in [0, 0.05) is 35.8 Å². The Labute approximate surface area is 207 Å². The first-order chi connectivity index (χ1) is 17.0. The Kier molecular flexibility index (Phi) is 6.78. The van der Waals surface area contributed by atoms with Gasteiger partial charge in [-0.15, -0.1) is 11.3 Å². The first kappa shape index (κ1) is 23.1. The molecule has 0 atom stereocenters. The van der Waals surface area contributed by atoms with E-state index in [2.05, 4.69) is 31.8 Å². The number of aryl methyl sites for hydroxylation is 1. The van der Waals surface area contributed by atoms with Crippen molar-refractivity contribution in [2.75, 3.05) is 36.5 Å². The van der Waals surface area contributed by atoms with Crippen LogP contribution in [0.5, 0.6) is 0 Å². The number of carbonyl (C=O) groups excluding carboxylic acids is 2. The Morgan fingerprint density at radius 2 is 1.91 bits per heavy atom. The molecule has 0 bridgehead atoms. The molecule has 2 aromatic heterocycles. The topological polar surface area (TPSA) is 99.4 Å². The first-order valence-electron chi connectivity index (χ1n) is 11.6. The molecule has 2 aromatic carbocycles. The second-order valence-electron chi connectivity index (χ2n) is 8.57. The number of morpholine rings is 1. The summed E-state index contributed by atoms with van der Waals surface area (Å²) in [6.07, 6.45) is 0.267. The number of nitrogens with one attached hydrogen (secondary N) is 3. The number of aromatic nitrogens is 2. The van der Waals surface area contributed by atoms with E-state index in [0.717, 1.165) is 52.6 Å². The third-order valence-corrected chi connectivity index (χ3v) is 6.98. The van der Waals surface area contributed by atoms with Crippen LogP contribution in [0.2, 0.25) is 0 Å². The number of amides is 2. The minimum absolute atomic E-state index is 0.0506. The second kappa shape index (κ2) is 10.3. The Balaban J connectivity index is 1.20. The lowest BCUT2D eigenvalue weighted by atomic mass is 10.1. The van der Waals surface area contributed by atoms with E-state index in [9.17, 15) is 9.59 Å². The van der Waals surface area contributed by atoms with Crippen LogP contribution in [0.4, 0.5) is 11.5 Å². The maximum Gasteiger partial charge on any atom is 0.256 e. The van der Waals surface area contributed by atoms with E-state index in [1.54, 1.807) is 0 Å². The lowest BCUT2D eigenvalue weighted by Crippen LogP contribution is -2.36. The van der Waals surface area contributed by atoms with Crippen molar-refractivity contribution in [2.24, 2.45) is 0 Å². The van der Waals surface area contributed by atoms with E-state index in [-0.39, 0.29) is 18.2 Å². The smallest absolute Gasteiger partial charge is 0.256 e. The summed E-state index contributed by atoms with van der Waals surface area (Å²) in [7, 11) is 0. The van der Waals surface area contributed by atoms with E-state index in [1.807, 2.05) is 55.5 Å². The molecule has 4 aromatic rings. The zero-order valence-corrected chi connectivity index (χ0v) is 20.3. The zero-order chi connectivity index (χ0) is 24.2. The molecular weight excluding hydrogens is 462 g/mol. The van der Waals surface area contributed by atoms with Gasteiger partial charge in [-0.05, 0) is 42.8 Å². The zero-order valence-electron chi connectivity index (χ0n) is 19.5. The lowest BCUT2D eigenvalue weighted by Gasteiger charge is -2.28. The molecule has 0 saturated carbocycles. The number of thiophene rings is 1. The summed E-state index contributed by atoms with van der Waals surface area (Å²) in [5.74, 6) is 0.267. The molecule has 1 aliphatic rings. The molecule has 0 radical (unpaired) electrons. The minimum Gasteiger partial charge on any atom is -0.378 e. The van der Waals surface area contributed by atoms with Gasteiger partial charge in [-0.25, -0.2) is 0 Å². The minimum atomic E-state index is -0.215. The third kappa shape index (κ3) is 5.52. The highest BCUT2D eigenvalue weighted by Crippen LogP contribution is 2.30. The maximum atomic E-state index is 12.8. The molecule has 1 saturated heterocycles. The molecule has 3 N–H and O–H groups in total. The van der Waals surface area contributed by atoms with Crippen LogP contribution < -0.4 is 15.5 Å². The Bertz CT molecular complexity index is 1340. The fourth-order valence-corrected chi connectivity index (χ4v) is 5.11. The number of rotatable bonds is 7. The van der Waals surface area contributed by atoms with Gasteiger partial charge < -0.3 is 20.3 Å². The molecule has 35 heavy (non-hydrogen) atoms. The molecule has 9 heteroatoms. The summed E-state index contributed by atoms with van der Waals surface area (Å²) < 4.78 is 5.40. The van der Waals surface area contributed by atoms with Crippen molar-refractivity contribution in [1.82, 2.24) is 15.5 Å².